The minimum Gasteiger partial charge on any atom is -0.370 e. The number of piperidine rings is 2. The van der Waals surface area contributed by atoms with E-state index >= 15 is 0 Å². The smallest absolute Gasteiger partial charge is 0.272 e. The van der Waals surface area contributed by atoms with E-state index in [1.165, 1.54) is 28.0 Å². The van der Waals surface area contributed by atoms with Gasteiger partial charge in [0.1, 0.15) is 12.0 Å². The van der Waals surface area contributed by atoms with Gasteiger partial charge in [0.15, 0.2) is 0 Å². The number of sulfonamides is 1. The third-order valence-corrected chi connectivity index (χ3v) is 11.0. The zero-order valence-electron chi connectivity index (χ0n) is 25.7. The molecule has 3 aliphatic rings. The van der Waals surface area contributed by atoms with Crippen molar-refractivity contribution in [1.29, 1.82) is 0 Å². The number of amides is 1. The average Bonchev–Trinajstić information content (AvgIpc) is 3.00. The molecule has 5 rings (SSSR count). The average molecular weight is 598 g/mol. The van der Waals surface area contributed by atoms with Gasteiger partial charge >= 0.3 is 0 Å². The number of carbonyl (C=O) groups excluding carboxylic acids is 1. The number of hydrogen-bond acceptors (Lipinski definition) is 7. The van der Waals surface area contributed by atoms with Crippen molar-refractivity contribution in [2.75, 3.05) is 39.5 Å². The molecule has 3 saturated heterocycles. The van der Waals surface area contributed by atoms with Gasteiger partial charge in [-0.15, -0.1) is 0 Å². The Morgan fingerprint density at radius 1 is 1.02 bits per heavy atom. The van der Waals surface area contributed by atoms with Crippen LogP contribution in [0, 0.1) is 13.8 Å². The zero-order valence-corrected chi connectivity index (χ0v) is 26.5. The van der Waals surface area contributed by atoms with Gasteiger partial charge in [-0.2, -0.15) is 0 Å². The molecule has 0 unspecified atom stereocenters. The fourth-order valence-electron chi connectivity index (χ4n) is 6.95. The second kappa shape index (κ2) is 13.5. The third kappa shape index (κ3) is 7.38. The van der Waals surface area contributed by atoms with Crippen LogP contribution in [0.3, 0.4) is 0 Å². The van der Waals surface area contributed by atoms with Gasteiger partial charge in [-0.3, -0.25) is 4.79 Å². The van der Waals surface area contributed by atoms with Crippen LogP contribution in [-0.2, 0) is 21.2 Å². The molecule has 2 aromatic rings. The van der Waals surface area contributed by atoms with Crippen molar-refractivity contribution in [3.05, 3.63) is 58.7 Å². The molecule has 230 valence electrons. The summed E-state index contributed by atoms with van der Waals surface area (Å²) in [6.07, 6.45) is 11.6. The second-order valence-corrected chi connectivity index (χ2v) is 14.5. The summed E-state index contributed by atoms with van der Waals surface area (Å²) in [5.41, 5.74) is 4.86. The first kappa shape index (κ1) is 31.0. The summed E-state index contributed by atoms with van der Waals surface area (Å²) in [7, 11) is -1.48. The van der Waals surface area contributed by atoms with E-state index in [1.54, 1.807) is 7.05 Å². The molecule has 10 heteroatoms. The molecular weight excluding hydrogens is 550 g/mol. The van der Waals surface area contributed by atoms with Gasteiger partial charge in [-0.1, -0.05) is 29.8 Å². The fraction of sp³-hybridized carbons (Fsp3) is 0.656. The highest BCUT2D eigenvalue weighted by atomic mass is 32.2. The monoisotopic (exact) mass is 597 g/mol. The molecule has 1 aromatic heterocycles. The number of ether oxygens (including phenoxy) is 1. The quantitative estimate of drug-likeness (QED) is 0.448. The summed E-state index contributed by atoms with van der Waals surface area (Å²) in [6.45, 7) is 7.31. The number of rotatable bonds is 8. The minimum atomic E-state index is -3.16. The Hall–Kier alpha value is -2.40. The zero-order chi connectivity index (χ0) is 29.9. The summed E-state index contributed by atoms with van der Waals surface area (Å²) in [5, 5.41) is 0. The molecule has 1 amide bonds. The molecule has 0 spiro atoms. The Bertz CT molecular complexity index is 1340. The highest BCUT2D eigenvalue weighted by molar-refractivity contribution is 7.88. The van der Waals surface area contributed by atoms with Crippen LogP contribution in [0.5, 0.6) is 0 Å². The second-order valence-electron chi connectivity index (χ2n) is 12.5. The van der Waals surface area contributed by atoms with Gasteiger partial charge in [0.05, 0.1) is 18.5 Å². The number of carbonyl (C=O) groups is 1. The Morgan fingerprint density at radius 2 is 1.76 bits per heavy atom. The van der Waals surface area contributed by atoms with Gasteiger partial charge in [0, 0.05) is 43.5 Å². The van der Waals surface area contributed by atoms with E-state index < -0.39 is 10.0 Å². The highest BCUT2D eigenvalue weighted by Crippen LogP contribution is 2.33. The summed E-state index contributed by atoms with van der Waals surface area (Å²) < 4.78 is 31.9. The number of aromatic nitrogens is 2. The Kier molecular flexibility index (Phi) is 9.97. The maximum Gasteiger partial charge on any atom is 0.272 e. The number of benzene rings is 1. The van der Waals surface area contributed by atoms with Crippen molar-refractivity contribution in [3.63, 3.8) is 0 Å². The van der Waals surface area contributed by atoms with Gasteiger partial charge in [-0.05, 0) is 90.3 Å². The van der Waals surface area contributed by atoms with E-state index in [0.717, 1.165) is 82.1 Å². The topological polar surface area (TPSA) is 95.9 Å². The molecule has 42 heavy (non-hydrogen) atoms. The van der Waals surface area contributed by atoms with Gasteiger partial charge < -0.3 is 14.5 Å². The Morgan fingerprint density at radius 3 is 2.45 bits per heavy atom. The van der Waals surface area contributed by atoms with Crippen LogP contribution >= 0.6 is 0 Å². The molecule has 0 bridgehead atoms. The predicted octanol–water partition coefficient (Wildman–Crippen LogP) is 4.30. The first-order chi connectivity index (χ1) is 20.1. The van der Waals surface area contributed by atoms with Crippen molar-refractivity contribution >= 4 is 15.9 Å². The summed E-state index contributed by atoms with van der Waals surface area (Å²) in [6, 6.07) is 9.12. The number of aryl methyl sites for hydroxylation is 2. The molecule has 1 aromatic carbocycles. The SMILES string of the molecule is Cc1cccc([C@H]2CCC[C@@H](CCc3ncnc(C(=O)N4CCC(N5CCC(N(C)S(C)(=O)=O)CC5)CC4)c3C)O2)c1. The molecule has 3 fully saturated rings. The molecule has 2 atom stereocenters. The van der Waals surface area contributed by atoms with Crippen molar-refractivity contribution in [2.24, 2.45) is 0 Å². The largest absolute Gasteiger partial charge is 0.370 e. The van der Waals surface area contributed by atoms with Crippen molar-refractivity contribution < 1.29 is 17.9 Å². The molecule has 0 N–H and O–H groups in total. The first-order valence-electron chi connectivity index (χ1n) is 15.6. The maximum atomic E-state index is 13.5. The van der Waals surface area contributed by atoms with Crippen LogP contribution in [0.2, 0.25) is 0 Å². The van der Waals surface area contributed by atoms with Crippen LogP contribution in [0.15, 0.2) is 30.6 Å². The van der Waals surface area contributed by atoms with Crippen LogP contribution in [-0.4, -0.2) is 96.1 Å². The number of hydrogen-bond donors (Lipinski definition) is 0. The van der Waals surface area contributed by atoms with Crippen molar-refractivity contribution in [1.82, 2.24) is 24.1 Å². The minimum absolute atomic E-state index is 0.00323. The predicted molar refractivity (Wildman–Crippen MR) is 164 cm³/mol. The van der Waals surface area contributed by atoms with Gasteiger partial charge in [0.25, 0.3) is 5.91 Å². The lowest BCUT2D eigenvalue weighted by Crippen LogP contribution is -2.52. The van der Waals surface area contributed by atoms with E-state index in [2.05, 4.69) is 46.1 Å². The summed E-state index contributed by atoms with van der Waals surface area (Å²) in [4.78, 5) is 26.9. The fourth-order valence-corrected chi connectivity index (χ4v) is 7.70. The molecule has 0 saturated carbocycles. The maximum absolute atomic E-state index is 13.5. The van der Waals surface area contributed by atoms with Crippen LogP contribution in [0.4, 0.5) is 0 Å². The van der Waals surface area contributed by atoms with E-state index in [1.807, 2.05) is 11.8 Å². The molecule has 9 nitrogen and oxygen atoms in total. The Labute approximate surface area is 251 Å². The van der Waals surface area contributed by atoms with Crippen LogP contribution in [0.25, 0.3) is 0 Å². The van der Waals surface area contributed by atoms with E-state index in [0.29, 0.717) is 24.8 Å². The normalized spacial score (nSPS) is 23.4. The highest BCUT2D eigenvalue weighted by Gasteiger charge is 2.33. The lowest BCUT2D eigenvalue weighted by Gasteiger charge is -2.43. The lowest BCUT2D eigenvalue weighted by atomic mass is 9.95. The standard InChI is InChI=1S/C32H47N5O4S/c1-23-7-5-8-25(21-23)30-10-6-9-28(41-30)11-12-29-24(2)31(34-22-33-29)32(38)37-19-15-27(16-20-37)36-17-13-26(14-18-36)35(3)42(4,39)40/h5,7-8,21-22,26-28,30H,6,9-20H2,1-4H3/t28-,30+/m0/s1. The molecule has 4 heterocycles. The summed E-state index contributed by atoms with van der Waals surface area (Å²) >= 11 is 0. The molecule has 0 aliphatic carbocycles. The van der Waals surface area contributed by atoms with Gasteiger partial charge in [0.2, 0.25) is 10.0 Å². The van der Waals surface area contributed by atoms with E-state index in [-0.39, 0.29) is 24.2 Å². The first-order valence-corrected chi connectivity index (χ1v) is 17.4. The lowest BCUT2D eigenvalue weighted by molar-refractivity contribution is -0.0547. The van der Waals surface area contributed by atoms with Gasteiger partial charge in [-0.25, -0.2) is 22.7 Å². The van der Waals surface area contributed by atoms with Crippen molar-refractivity contribution in [3.8, 4) is 0 Å². The summed E-state index contributed by atoms with van der Waals surface area (Å²) in [5.74, 6) is -0.00323. The number of nitrogens with zero attached hydrogens (tertiary/aromatic N) is 5. The Balaban J connectivity index is 1.12. The molecular formula is C32H47N5O4S. The van der Waals surface area contributed by atoms with E-state index in [4.69, 9.17) is 4.74 Å². The third-order valence-electron chi connectivity index (χ3n) is 9.66. The van der Waals surface area contributed by atoms with Crippen LogP contribution in [0.1, 0.15) is 90.3 Å². The van der Waals surface area contributed by atoms with Crippen molar-refractivity contribution in [2.45, 2.75) is 95.9 Å². The molecule has 0 radical (unpaired) electrons. The van der Waals surface area contributed by atoms with Crippen LogP contribution < -0.4 is 0 Å². The number of likely N-dealkylation sites (tertiary alicyclic amines) is 2. The van der Waals surface area contributed by atoms with E-state index in [9.17, 15) is 13.2 Å². The molecule has 3 aliphatic heterocycles.